The smallest absolute Gasteiger partial charge is 0.407 e. The van der Waals surface area contributed by atoms with E-state index in [2.05, 4.69) is 5.32 Å². The minimum atomic E-state index is -0.533. The topological polar surface area (TPSA) is 78.8 Å². The van der Waals surface area contributed by atoms with Gasteiger partial charge in [0.25, 0.3) is 0 Å². The molecule has 1 amide bonds. The Balaban J connectivity index is 3.88. The van der Waals surface area contributed by atoms with Crippen LogP contribution in [0.15, 0.2) is 0 Å². The van der Waals surface area contributed by atoms with Crippen LogP contribution in [0.4, 0.5) is 4.79 Å². The van der Waals surface area contributed by atoms with Crippen LogP contribution >= 0.6 is 0 Å². The highest BCUT2D eigenvalue weighted by molar-refractivity contribution is 5.68. The highest BCUT2D eigenvalue weighted by Crippen LogP contribution is 2.07. The van der Waals surface area contributed by atoms with E-state index in [1.165, 1.54) is 0 Å². The Kier molecular flexibility index (Phi) is 7.08. The second-order valence-corrected chi connectivity index (χ2v) is 4.75. The van der Waals surface area contributed by atoms with Crippen molar-refractivity contribution in [3.63, 3.8) is 0 Å². The first-order valence-corrected chi connectivity index (χ1v) is 5.60. The number of carbonyl (C=O) groups excluding carboxylic acids is 1. The van der Waals surface area contributed by atoms with E-state index in [4.69, 9.17) is 14.9 Å². The lowest BCUT2D eigenvalue weighted by Gasteiger charge is -2.22. The molecule has 5 heteroatoms. The Labute approximate surface area is 96.8 Å². The molecule has 0 radical (unpaired) electrons. The minimum Gasteiger partial charge on any atom is -0.444 e. The van der Waals surface area contributed by atoms with Gasteiger partial charge in [-0.25, -0.2) is 4.79 Å². The predicted molar refractivity (Wildman–Crippen MR) is 61.2 cm³/mol. The SMILES string of the molecule is CC(C)(C)OC(=O)N[C@@H](CO)CCCCO. The summed E-state index contributed by atoms with van der Waals surface area (Å²) < 4.78 is 5.07. The number of hydrogen-bond donors (Lipinski definition) is 3. The summed E-state index contributed by atoms with van der Waals surface area (Å²) >= 11 is 0. The second kappa shape index (κ2) is 7.46. The largest absolute Gasteiger partial charge is 0.444 e. The summed E-state index contributed by atoms with van der Waals surface area (Å²) in [4.78, 5) is 11.4. The molecule has 0 heterocycles. The normalized spacial score (nSPS) is 13.3. The van der Waals surface area contributed by atoms with Gasteiger partial charge in [0.15, 0.2) is 0 Å². The van der Waals surface area contributed by atoms with E-state index in [1.54, 1.807) is 20.8 Å². The van der Waals surface area contributed by atoms with Crippen LogP contribution in [0.5, 0.6) is 0 Å². The average molecular weight is 233 g/mol. The van der Waals surface area contributed by atoms with Crippen molar-refractivity contribution in [3.05, 3.63) is 0 Å². The number of aliphatic hydroxyl groups is 2. The quantitative estimate of drug-likeness (QED) is 0.599. The molecular formula is C11H23NO4. The first-order valence-electron chi connectivity index (χ1n) is 5.60. The molecule has 0 bridgehead atoms. The Morgan fingerprint density at radius 3 is 2.38 bits per heavy atom. The second-order valence-electron chi connectivity index (χ2n) is 4.75. The number of amides is 1. The van der Waals surface area contributed by atoms with Crippen molar-refractivity contribution in [2.45, 2.75) is 51.7 Å². The number of rotatable bonds is 6. The van der Waals surface area contributed by atoms with Gasteiger partial charge in [0.1, 0.15) is 5.60 Å². The van der Waals surface area contributed by atoms with Crippen molar-refractivity contribution < 1.29 is 19.7 Å². The fourth-order valence-electron chi connectivity index (χ4n) is 1.19. The summed E-state index contributed by atoms with van der Waals surface area (Å²) in [5.74, 6) is 0. The van der Waals surface area contributed by atoms with Crippen LogP contribution in [-0.4, -0.2) is 41.2 Å². The maximum Gasteiger partial charge on any atom is 0.407 e. The van der Waals surface area contributed by atoms with Crippen LogP contribution in [0, 0.1) is 0 Å². The van der Waals surface area contributed by atoms with Crippen molar-refractivity contribution >= 4 is 6.09 Å². The fraction of sp³-hybridized carbons (Fsp3) is 0.909. The predicted octanol–water partition coefficient (Wildman–Crippen LogP) is 1.03. The third kappa shape index (κ3) is 8.49. The molecule has 0 fully saturated rings. The first-order chi connectivity index (χ1) is 7.39. The molecule has 16 heavy (non-hydrogen) atoms. The summed E-state index contributed by atoms with van der Waals surface area (Å²) in [6.07, 6.45) is 1.55. The summed E-state index contributed by atoms with van der Waals surface area (Å²) in [6, 6.07) is -0.304. The number of alkyl carbamates (subject to hydrolysis) is 1. The van der Waals surface area contributed by atoms with Gasteiger partial charge in [0.2, 0.25) is 0 Å². The van der Waals surface area contributed by atoms with E-state index in [9.17, 15) is 4.79 Å². The van der Waals surface area contributed by atoms with Gasteiger partial charge >= 0.3 is 6.09 Å². The Bertz CT molecular complexity index is 201. The van der Waals surface area contributed by atoms with E-state index in [0.29, 0.717) is 12.8 Å². The molecule has 96 valence electrons. The molecule has 0 aliphatic rings. The van der Waals surface area contributed by atoms with Gasteiger partial charge in [0.05, 0.1) is 12.6 Å². The van der Waals surface area contributed by atoms with Gasteiger partial charge in [-0.2, -0.15) is 0 Å². The molecule has 5 nitrogen and oxygen atoms in total. The van der Waals surface area contributed by atoms with Crippen molar-refractivity contribution in [1.82, 2.24) is 5.32 Å². The standard InChI is InChI=1S/C11H23NO4/c1-11(2,3)16-10(15)12-9(8-14)6-4-5-7-13/h9,13-14H,4-8H2,1-3H3,(H,12,15)/t9-/m1/s1. The molecule has 0 aromatic heterocycles. The molecule has 0 aliphatic heterocycles. The van der Waals surface area contributed by atoms with Crippen molar-refractivity contribution in [1.29, 1.82) is 0 Å². The van der Waals surface area contributed by atoms with Crippen molar-refractivity contribution in [2.24, 2.45) is 0 Å². The zero-order valence-corrected chi connectivity index (χ0v) is 10.3. The molecule has 0 rings (SSSR count). The zero-order valence-electron chi connectivity index (χ0n) is 10.3. The number of nitrogens with one attached hydrogen (secondary N) is 1. The van der Waals surface area contributed by atoms with Gasteiger partial charge in [-0.15, -0.1) is 0 Å². The molecule has 3 N–H and O–H groups in total. The van der Waals surface area contributed by atoms with Crippen LogP contribution in [0.25, 0.3) is 0 Å². The first kappa shape index (κ1) is 15.2. The van der Waals surface area contributed by atoms with Crippen LogP contribution in [0.2, 0.25) is 0 Å². The maximum atomic E-state index is 11.4. The molecule has 0 spiro atoms. The Morgan fingerprint density at radius 1 is 1.31 bits per heavy atom. The lowest BCUT2D eigenvalue weighted by atomic mass is 10.1. The molecule has 0 saturated heterocycles. The summed E-state index contributed by atoms with van der Waals surface area (Å²) in [5.41, 5.74) is -0.533. The number of hydrogen-bond acceptors (Lipinski definition) is 4. The highest BCUT2D eigenvalue weighted by atomic mass is 16.6. The Morgan fingerprint density at radius 2 is 1.94 bits per heavy atom. The van der Waals surface area contributed by atoms with Crippen molar-refractivity contribution in [3.8, 4) is 0 Å². The summed E-state index contributed by atoms with van der Waals surface area (Å²) in [6.45, 7) is 5.36. The highest BCUT2D eigenvalue weighted by Gasteiger charge is 2.18. The third-order valence-corrected chi connectivity index (χ3v) is 1.90. The molecule has 0 unspecified atom stereocenters. The van der Waals surface area contributed by atoms with Gasteiger partial charge in [-0.1, -0.05) is 0 Å². The lowest BCUT2D eigenvalue weighted by molar-refractivity contribution is 0.0478. The fourth-order valence-corrected chi connectivity index (χ4v) is 1.19. The van der Waals surface area contributed by atoms with Crippen LogP contribution in [0.3, 0.4) is 0 Å². The molecule has 0 aliphatic carbocycles. The molecule has 1 atom stereocenters. The zero-order chi connectivity index (χ0) is 12.6. The lowest BCUT2D eigenvalue weighted by Crippen LogP contribution is -2.41. The molecular weight excluding hydrogens is 210 g/mol. The number of carbonyl (C=O) groups is 1. The van der Waals surface area contributed by atoms with Gasteiger partial charge in [-0.3, -0.25) is 0 Å². The van der Waals surface area contributed by atoms with E-state index >= 15 is 0 Å². The number of unbranched alkanes of at least 4 members (excludes halogenated alkanes) is 1. The number of aliphatic hydroxyl groups excluding tert-OH is 2. The van der Waals surface area contributed by atoms with Crippen molar-refractivity contribution in [2.75, 3.05) is 13.2 Å². The molecule has 0 aromatic carbocycles. The third-order valence-electron chi connectivity index (χ3n) is 1.90. The van der Waals surface area contributed by atoms with E-state index in [0.717, 1.165) is 6.42 Å². The molecule has 0 saturated carbocycles. The summed E-state index contributed by atoms with van der Waals surface area (Å²) in [7, 11) is 0. The average Bonchev–Trinajstić information content (AvgIpc) is 2.13. The molecule has 0 aromatic rings. The minimum absolute atomic E-state index is 0.120. The van der Waals surface area contributed by atoms with Gasteiger partial charge in [0, 0.05) is 6.61 Å². The van der Waals surface area contributed by atoms with Crippen LogP contribution in [0.1, 0.15) is 40.0 Å². The van der Waals surface area contributed by atoms with E-state index in [-0.39, 0.29) is 19.3 Å². The van der Waals surface area contributed by atoms with Gasteiger partial charge < -0.3 is 20.3 Å². The van der Waals surface area contributed by atoms with Crippen LogP contribution < -0.4 is 5.32 Å². The Hall–Kier alpha value is -0.810. The monoisotopic (exact) mass is 233 g/mol. The maximum absolute atomic E-state index is 11.4. The van der Waals surface area contributed by atoms with E-state index < -0.39 is 11.7 Å². The van der Waals surface area contributed by atoms with E-state index in [1.807, 2.05) is 0 Å². The summed E-state index contributed by atoms with van der Waals surface area (Å²) in [5, 5.41) is 20.2. The van der Waals surface area contributed by atoms with Crippen LogP contribution in [-0.2, 0) is 4.74 Å². The number of ether oxygens (including phenoxy) is 1. The van der Waals surface area contributed by atoms with Gasteiger partial charge in [-0.05, 0) is 40.0 Å².